The molecule has 3 atom stereocenters. The third-order valence-corrected chi connectivity index (χ3v) is 4.83. The number of hydrogen-bond acceptors (Lipinski definition) is 2. The highest BCUT2D eigenvalue weighted by Gasteiger charge is 2.32. The molecule has 20 heavy (non-hydrogen) atoms. The first-order chi connectivity index (χ1) is 9.65. The van der Waals surface area contributed by atoms with Gasteiger partial charge < -0.3 is 0 Å². The summed E-state index contributed by atoms with van der Waals surface area (Å²) in [5.74, 6) is 0.972. The highest BCUT2D eigenvalue weighted by molar-refractivity contribution is 6.00. The Bertz CT molecular complexity index is 428. The Balaban J connectivity index is 2.12. The number of carbonyl (C=O) groups excluding carboxylic acids is 1. The first-order valence-electron chi connectivity index (χ1n) is 7.96. The van der Waals surface area contributed by atoms with Crippen molar-refractivity contribution < 1.29 is 4.79 Å². The summed E-state index contributed by atoms with van der Waals surface area (Å²) >= 11 is 0. The quantitative estimate of drug-likeness (QED) is 0.751. The lowest BCUT2D eigenvalue weighted by Gasteiger charge is -2.40. The minimum atomic E-state index is 0.0166. The molecular weight excluding hydrogens is 246 g/mol. The number of carbonyl (C=O) groups is 1. The second kappa shape index (κ2) is 7.03. The van der Waals surface area contributed by atoms with E-state index in [2.05, 4.69) is 25.8 Å². The van der Waals surface area contributed by atoms with E-state index >= 15 is 0 Å². The molecule has 110 valence electrons. The third kappa shape index (κ3) is 3.29. The number of likely N-dealkylation sites (N-methyl/N-ethyl adjacent to an activating group) is 1. The van der Waals surface area contributed by atoms with Crippen LogP contribution in [-0.4, -0.2) is 29.8 Å². The van der Waals surface area contributed by atoms with E-state index in [4.69, 9.17) is 0 Å². The van der Waals surface area contributed by atoms with E-state index in [9.17, 15) is 4.79 Å². The maximum Gasteiger partial charge on any atom is 0.179 e. The fraction of sp³-hybridized carbons (Fsp3) is 0.611. The second-order valence-corrected chi connectivity index (χ2v) is 6.15. The lowest BCUT2D eigenvalue weighted by atomic mass is 9.83. The van der Waals surface area contributed by atoms with E-state index in [1.54, 1.807) is 0 Å². The Morgan fingerprint density at radius 2 is 1.90 bits per heavy atom. The van der Waals surface area contributed by atoms with E-state index in [1.807, 2.05) is 30.3 Å². The van der Waals surface area contributed by atoms with Crippen molar-refractivity contribution in [2.24, 2.45) is 5.92 Å². The maximum atomic E-state index is 12.7. The molecule has 0 spiro atoms. The Morgan fingerprint density at radius 3 is 2.50 bits per heavy atom. The lowest BCUT2D eigenvalue weighted by Crippen LogP contribution is -2.48. The zero-order chi connectivity index (χ0) is 14.5. The standard InChI is InChI=1S/C18H27NO/c1-4-16(18(20)15-11-6-5-7-12-15)19(3)17-13-9-8-10-14(17)2/h5-7,11-12,14,16-17H,4,8-10,13H2,1-3H3. The van der Waals surface area contributed by atoms with E-state index in [0.29, 0.717) is 12.0 Å². The smallest absolute Gasteiger partial charge is 0.179 e. The molecule has 0 bridgehead atoms. The van der Waals surface area contributed by atoms with Crippen LogP contribution in [0.3, 0.4) is 0 Å². The molecule has 0 N–H and O–H groups in total. The van der Waals surface area contributed by atoms with Crippen LogP contribution in [0.15, 0.2) is 30.3 Å². The maximum absolute atomic E-state index is 12.7. The van der Waals surface area contributed by atoms with Gasteiger partial charge in [0.2, 0.25) is 0 Å². The van der Waals surface area contributed by atoms with Crippen LogP contribution in [0.4, 0.5) is 0 Å². The van der Waals surface area contributed by atoms with Gasteiger partial charge in [-0.1, -0.05) is 57.0 Å². The zero-order valence-electron chi connectivity index (χ0n) is 13.0. The van der Waals surface area contributed by atoms with Crippen LogP contribution in [0.2, 0.25) is 0 Å². The van der Waals surface area contributed by atoms with Gasteiger partial charge in [0, 0.05) is 11.6 Å². The Hall–Kier alpha value is -1.15. The summed E-state index contributed by atoms with van der Waals surface area (Å²) in [6, 6.07) is 10.3. The Labute approximate surface area is 123 Å². The van der Waals surface area contributed by atoms with Crippen LogP contribution in [0.5, 0.6) is 0 Å². The third-order valence-electron chi connectivity index (χ3n) is 4.83. The Kier molecular flexibility index (Phi) is 5.36. The van der Waals surface area contributed by atoms with Gasteiger partial charge in [-0.15, -0.1) is 0 Å². The van der Waals surface area contributed by atoms with Crippen molar-refractivity contribution in [2.75, 3.05) is 7.05 Å². The summed E-state index contributed by atoms with van der Waals surface area (Å²) in [5.41, 5.74) is 0.842. The number of ketones is 1. The summed E-state index contributed by atoms with van der Waals surface area (Å²) in [4.78, 5) is 15.1. The average Bonchev–Trinajstić information content (AvgIpc) is 2.49. The first-order valence-corrected chi connectivity index (χ1v) is 7.96. The molecule has 3 unspecified atom stereocenters. The number of benzene rings is 1. The molecule has 0 aliphatic heterocycles. The van der Waals surface area contributed by atoms with Gasteiger partial charge in [0.15, 0.2) is 5.78 Å². The van der Waals surface area contributed by atoms with Gasteiger partial charge in [0.05, 0.1) is 6.04 Å². The molecule has 0 aromatic heterocycles. The first kappa shape index (κ1) is 15.2. The van der Waals surface area contributed by atoms with Crippen molar-refractivity contribution in [2.45, 2.75) is 58.0 Å². The number of Topliss-reactive ketones (excluding diaryl/α,β-unsaturated/α-hetero) is 1. The molecular formula is C18H27NO. The fourth-order valence-electron chi connectivity index (χ4n) is 3.59. The van der Waals surface area contributed by atoms with Gasteiger partial charge in [-0.05, 0) is 32.2 Å². The predicted molar refractivity (Wildman–Crippen MR) is 84.0 cm³/mol. The van der Waals surface area contributed by atoms with E-state index in [-0.39, 0.29) is 11.8 Å². The normalized spacial score (nSPS) is 24.6. The summed E-state index contributed by atoms with van der Waals surface area (Å²) < 4.78 is 0. The van der Waals surface area contributed by atoms with E-state index in [0.717, 1.165) is 12.0 Å². The van der Waals surface area contributed by atoms with Crippen molar-refractivity contribution in [3.05, 3.63) is 35.9 Å². The highest BCUT2D eigenvalue weighted by atomic mass is 16.1. The lowest BCUT2D eigenvalue weighted by molar-refractivity contribution is 0.0646. The van der Waals surface area contributed by atoms with Crippen LogP contribution in [0, 0.1) is 5.92 Å². The molecule has 0 radical (unpaired) electrons. The molecule has 1 fully saturated rings. The van der Waals surface area contributed by atoms with Gasteiger partial charge in [0.1, 0.15) is 0 Å². The van der Waals surface area contributed by atoms with Crippen molar-refractivity contribution in [1.29, 1.82) is 0 Å². The molecule has 2 nitrogen and oxygen atoms in total. The zero-order valence-corrected chi connectivity index (χ0v) is 13.0. The summed E-state index contributed by atoms with van der Waals surface area (Å²) in [5, 5.41) is 0. The van der Waals surface area contributed by atoms with Gasteiger partial charge >= 0.3 is 0 Å². The largest absolute Gasteiger partial charge is 0.293 e. The van der Waals surface area contributed by atoms with Crippen LogP contribution in [0.25, 0.3) is 0 Å². The number of rotatable bonds is 5. The molecule has 0 heterocycles. The van der Waals surface area contributed by atoms with Gasteiger partial charge in [0.25, 0.3) is 0 Å². The van der Waals surface area contributed by atoms with Crippen LogP contribution in [-0.2, 0) is 0 Å². The summed E-state index contributed by atoms with van der Waals surface area (Å²) in [7, 11) is 2.14. The topological polar surface area (TPSA) is 20.3 Å². The summed E-state index contributed by atoms with van der Waals surface area (Å²) in [6.45, 7) is 4.45. The molecule has 0 saturated heterocycles. The van der Waals surface area contributed by atoms with E-state index < -0.39 is 0 Å². The van der Waals surface area contributed by atoms with Crippen molar-refractivity contribution >= 4 is 5.78 Å². The molecule has 1 saturated carbocycles. The van der Waals surface area contributed by atoms with Crippen LogP contribution >= 0.6 is 0 Å². The van der Waals surface area contributed by atoms with Gasteiger partial charge in [-0.3, -0.25) is 9.69 Å². The molecule has 1 aliphatic rings. The minimum Gasteiger partial charge on any atom is -0.293 e. The molecule has 2 rings (SSSR count). The fourth-order valence-corrected chi connectivity index (χ4v) is 3.59. The van der Waals surface area contributed by atoms with Crippen molar-refractivity contribution in [3.63, 3.8) is 0 Å². The second-order valence-electron chi connectivity index (χ2n) is 6.15. The molecule has 2 heteroatoms. The molecule has 1 aromatic rings. The highest BCUT2D eigenvalue weighted by Crippen LogP contribution is 2.29. The Morgan fingerprint density at radius 1 is 1.25 bits per heavy atom. The number of hydrogen-bond donors (Lipinski definition) is 0. The monoisotopic (exact) mass is 273 g/mol. The minimum absolute atomic E-state index is 0.0166. The molecule has 0 amide bonds. The average molecular weight is 273 g/mol. The molecule has 1 aromatic carbocycles. The summed E-state index contributed by atoms with van der Waals surface area (Å²) in [6.07, 6.45) is 6.05. The van der Waals surface area contributed by atoms with Crippen LogP contribution < -0.4 is 0 Å². The van der Waals surface area contributed by atoms with Crippen LogP contribution in [0.1, 0.15) is 56.3 Å². The molecule has 1 aliphatic carbocycles. The van der Waals surface area contributed by atoms with Gasteiger partial charge in [-0.25, -0.2) is 0 Å². The van der Waals surface area contributed by atoms with Crippen molar-refractivity contribution in [1.82, 2.24) is 4.90 Å². The SMILES string of the molecule is CCC(C(=O)c1ccccc1)N(C)C1CCCCC1C. The van der Waals surface area contributed by atoms with E-state index in [1.165, 1.54) is 25.7 Å². The number of nitrogens with zero attached hydrogens (tertiary/aromatic N) is 1. The predicted octanol–water partition coefficient (Wildman–Crippen LogP) is 4.16. The van der Waals surface area contributed by atoms with Gasteiger partial charge in [-0.2, -0.15) is 0 Å². The van der Waals surface area contributed by atoms with Crippen molar-refractivity contribution in [3.8, 4) is 0 Å².